The predicted octanol–water partition coefficient (Wildman–Crippen LogP) is 3.18. The van der Waals surface area contributed by atoms with E-state index >= 15 is 0 Å². The van der Waals surface area contributed by atoms with E-state index in [0.717, 1.165) is 18.5 Å². The van der Waals surface area contributed by atoms with Crippen molar-refractivity contribution in [2.75, 3.05) is 19.7 Å². The first-order chi connectivity index (χ1) is 9.04. The predicted molar refractivity (Wildman–Crippen MR) is 75.9 cm³/mol. The highest BCUT2D eigenvalue weighted by Gasteiger charge is 2.10. The van der Waals surface area contributed by atoms with Crippen molar-refractivity contribution < 1.29 is 9.66 Å². The van der Waals surface area contributed by atoms with Crippen molar-refractivity contribution in [3.63, 3.8) is 0 Å². The molecule has 0 fully saturated rings. The van der Waals surface area contributed by atoms with Crippen LogP contribution in [0, 0.1) is 10.1 Å². The van der Waals surface area contributed by atoms with E-state index in [-0.39, 0.29) is 12.3 Å². The fraction of sp³-hybridized carbons (Fsp3) is 0.385. The summed E-state index contributed by atoms with van der Waals surface area (Å²) in [5.41, 5.74) is 0.810. The molecule has 0 aliphatic rings. The molecule has 0 aromatic heterocycles. The van der Waals surface area contributed by atoms with Gasteiger partial charge >= 0.3 is 0 Å². The number of ether oxygens (including phenoxy) is 1. The van der Waals surface area contributed by atoms with Crippen molar-refractivity contribution >= 4 is 17.3 Å². The lowest BCUT2D eigenvalue weighted by Gasteiger charge is -2.10. The first-order valence-electron chi connectivity index (χ1n) is 5.98. The molecule has 1 aromatic rings. The van der Waals surface area contributed by atoms with Gasteiger partial charge in [-0.25, -0.2) is 0 Å². The summed E-state index contributed by atoms with van der Waals surface area (Å²) >= 11 is 5.92. The number of nitrogens with zero attached hydrogens (tertiary/aromatic N) is 1. The lowest BCUT2D eigenvalue weighted by Crippen LogP contribution is -2.20. The van der Waals surface area contributed by atoms with Gasteiger partial charge in [-0.2, -0.15) is 0 Å². The van der Waals surface area contributed by atoms with Gasteiger partial charge in [-0.1, -0.05) is 25.1 Å². The Hall–Kier alpha value is -1.59. The van der Waals surface area contributed by atoms with Crippen LogP contribution in [0.25, 0.3) is 0 Å². The zero-order chi connectivity index (χ0) is 14.3. The third-order valence-electron chi connectivity index (χ3n) is 2.36. The molecule has 1 rings (SSSR count). The first-order valence-corrected chi connectivity index (χ1v) is 6.36. The topological polar surface area (TPSA) is 64.4 Å². The van der Waals surface area contributed by atoms with Crippen molar-refractivity contribution in [3.05, 3.63) is 45.5 Å². The summed E-state index contributed by atoms with van der Waals surface area (Å²) < 4.78 is 5.44. The third kappa shape index (κ3) is 5.28. The molecule has 0 aliphatic heterocycles. The van der Waals surface area contributed by atoms with E-state index in [1.54, 1.807) is 0 Å². The molecule has 0 heterocycles. The van der Waals surface area contributed by atoms with E-state index in [2.05, 4.69) is 18.8 Å². The summed E-state index contributed by atoms with van der Waals surface area (Å²) in [7, 11) is 0. The molecule has 0 amide bonds. The molecule has 0 aliphatic carbocycles. The zero-order valence-corrected chi connectivity index (χ0v) is 11.6. The molecule has 19 heavy (non-hydrogen) atoms. The lowest BCUT2D eigenvalue weighted by atomic mass is 10.3. The molecule has 0 saturated heterocycles. The van der Waals surface area contributed by atoms with Gasteiger partial charge in [-0.15, -0.1) is 0 Å². The molecule has 1 N–H and O–H groups in total. The molecule has 0 bridgehead atoms. The van der Waals surface area contributed by atoms with Gasteiger partial charge in [0.1, 0.15) is 12.4 Å². The Morgan fingerprint density at radius 2 is 2.32 bits per heavy atom. The molecule has 0 radical (unpaired) electrons. The van der Waals surface area contributed by atoms with E-state index in [0.29, 0.717) is 17.3 Å². The minimum Gasteiger partial charge on any atom is -0.487 e. The Balaban J connectivity index is 2.54. The number of halogens is 1. The van der Waals surface area contributed by atoms with Crippen LogP contribution in [-0.4, -0.2) is 24.6 Å². The summed E-state index contributed by atoms with van der Waals surface area (Å²) in [6, 6.07) is 4.11. The van der Waals surface area contributed by atoms with Crippen LogP contribution in [0.1, 0.15) is 13.3 Å². The average molecular weight is 285 g/mol. The molecule has 1 aromatic carbocycles. The highest BCUT2D eigenvalue weighted by molar-refractivity contribution is 6.32. The molecule has 0 unspecified atom stereocenters. The standard InChI is InChI=1S/C13H17ClN2O3/c1-3-6-15-8-10(2)9-19-13-7-11(16(17)18)4-5-12(13)14/h4-5,7,15H,2-3,6,8-9H2,1H3. The Kier molecular flexibility index (Phi) is 6.32. The molecule has 0 saturated carbocycles. The van der Waals surface area contributed by atoms with E-state index in [1.165, 1.54) is 18.2 Å². The number of benzene rings is 1. The average Bonchev–Trinajstić information content (AvgIpc) is 2.37. The minimum atomic E-state index is -0.485. The van der Waals surface area contributed by atoms with Crippen molar-refractivity contribution in [1.29, 1.82) is 0 Å². The maximum absolute atomic E-state index is 10.7. The fourth-order valence-corrected chi connectivity index (χ4v) is 1.56. The van der Waals surface area contributed by atoms with Crippen LogP contribution < -0.4 is 10.1 Å². The van der Waals surface area contributed by atoms with Gasteiger partial charge in [0.05, 0.1) is 16.0 Å². The largest absolute Gasteiger partial charge is 0.487 e. The summed E-state index contributed by atoms with van der Waals surface area (Å²) in [5.74, 6) is 0.299. The summed E-state index contributed by atoms with van der Waals surface area (Å²) in [6.45, 7) is 7.78. The molecule has 6 heteroatoms. The molecule has 5 nitrogen and oxygen atoms in total. The molecular weight excluding hydrogens is 268 g/mol. The quantitative estimate of drug-likeness (QED) is 0.345. The number of hydrogen-bond acceptors (Lipinski definition) is 4. The van der Waals surface area contributed by atoms with E-state index < -0.39 is 4.92 Å². The lowest BCUT2D eigenvalue weighted by molar-refractivity contribution is -0.384. The van der Waals surface area contributed by atoms with E-state index in [9.17, 15) is 10.1 Å². The minimum absolute atomic E-state index is 0.0471. The Labute approximate surface area is 117 Å². The zero-order valence-electron chi connectivity index (χ0n) is 10.8. The van der Waals surface area contributed by atoms with Gasteiger partial charge < -0.3 is 10.1 Å². The number of nitrogens with one attached hydrogen (secondary N) is 1. The van der Waals surface area contributed by atoms with E-state index in [4.69, 9.17) is 16.3 Å². The van der Waals surface area contributed by atoms with Gasteiger partial charge in [0, 0.05) is 12.6 Å². The highest BCUT2D eigenvalue weighted by atomic mass is 35.5. The maximum Gasteiger partial charge on any atom is 0.273 e. The van der Waals surface area contributed by atoms with Crippen molar-refractivity contribution in [3.8, 4) is 5.75 Å². The SMILES string of the molecule is C=C(CNCCC)COc1cc([N+](=O)[O-])ccc1Cl. The van der Waals surface area contributed by atoms with Gasteiger partial charge in [0.25, 0.3) is 5.69 Å². The van der Waals surface area contributed by atoms with E-state index in [1.807, 2.05) is 0 Å². The Morgan fingerprint density at radius 1 is 1.58 bits per heavy atom. The summed E-state index contributed by atoms with van der Waals surface area (Å²) in [4.78, 5) is 10.2. The fourth-order valence-electron chi connectivity index (χ4n) is 1.39. The van der Waals surface area contributed by atoms with Gasteiger partial charge in [0.15, 0.2) is 0 Å². The van der Waals surface area contributed by atoms with Gasteiger partial charge in [-0.05, 0) is 24.6 Å². The van der Waals surface area contributed by atoms with Crippen molar-refractivity contribution in [2.45, 2.75) is 13.3 Å². The van der Waals surface area contributed by atoms with Crippen LogP contribution in [0.5, 0.6) is 5.75 Å². The third-order valence-corrected chi connectivity index (χ3v) is 2.67. The molecule has 104 valence electrons. The smallest absolute Gasteiger partial charge is 0.273 e. The van der Waals surface area contributed by atoms with Crippen molar-refractivity contribution in [2.24, 2.45) is 0 Å². The van der Waals surface area contributed by atoms with Crippen LogP contribution >= 0.6 is 11.6 Å². The first kappa shape index (κ1) is 15.5. The molecule has 0 spiro atoms. The number of nitro benzene ring substituents is 1. The second-order valence-electron chi connectivity index (χ2n) is 4.09. The number of rotatable bonds is 8. The van der Waals surface area contributed by atoms with Crippen molar-refractivity contribution in [1.82, 2.24) is 5.32 Å². The van der Waals surface area contributed by atoms with Crippen LogP contribution in [0.3, 0.4) is 0 Å². The Morgan fingerprint density at radius 3 is 2.95 bits per heavy atom. The molecule has 0 atom stereocenters. The van der Waals surface area contributed by atoms with Crippen LogP contribution in [-0.2, 0) is 0 Å². The monoisotopic (exact) mass is 284 g/mol. The molecular formula is C13H17ClN2O3. The highest BCUT2D eigenvalue weighted by Crippen LogP contribution is 2.29. The van der Waals surface area contributed by atoms with Gasteiger partial charge in [0.2, 0.25) is 0 Å². The Bertz CT molecular complexity index is 463. The number of hydrogen-bond donors (Lipinski definition) is 1. The summed E-state index contributed by atoms with van der Waals surface area (Å²) in [6.07, 6.45) is 1.05. The van der Waals surface area contributed by atoms with Crippen LogP contribution in [0.2, 0.25) is 5.02 Å². The second-order valence-corrected chi connectivity index (χ2v) is 4.49. The maximum atomic E-state index is 10.7. The van der Waals surface area contributed by atoms with Gasteiger partial charge in [-0.3, -0.25) is 10.1 Å². The van der Waals surface area contributed by atoms with Crippen LogP contribution in [0.15, 0.2) is 30.4 Å². The number of nitro groups is 1. The summed E-state index contributed by atoms with van der Waals surface area (Å²) in [5, 5.41) is 14.2. The number of non-ortho nitro benzene ring substituents is 1. The van der Waals surface area contributed by atoms with Crippen LogP contribution in [0.4, 0.5) is 5.69 Å². The second kappa shape index (κ2) is 7.76. The normalized spacial score (nSPS) is 10.2.